The van der Waals surface area contributed by atoms with Crippen LogP contribution in [0.2, 0.25) is 0 Å². The number of amides is 1. The predicted molar refractivity (Wildman–Crippen MR) is 48.1 cm³/mol. The lowest BCUT2D eigenvalue weighted by atomic mass is 10.2. The summed E-state index contributed by atoms with van der Waals surface area (Å²) in [5.41, 5.74) is 4.86. The van der Waals surface area contributed by atoms with E-state index in [0.29, 0.717) is 0 Å². The van der Waals surface area contributed by atoms with Gasteiger partial charge in [-0.05, 0) is 12.1 Å². The molecular formula is C9H9NO4. The molecule has 3 N–H and O–H groups in total. The zero-order valence-corrected chi connectivity index (χ0v) is 7.27. The molecule has 0 aliphatic rings. The molecule has 1 aromatic carbocycles. The van der Waals surface area contributed by atoms with E-state index in [1.165, 1.54) is 12.1 Å². The molecule has 5 nitrogen and oxygen atoms in total. The van der Waals surface area contributed by atoms with Crippen LogP contribution in [0.15, 0.2) is 24.3 Å². The Morgan fingerprint density at radius 3 is 2.57 bits per heavy atom. The second-order valence-corrected chi connectivity index (χ2v) is 2.56. The summed E-state index contributed by atoms with van der Waals surface area (Å²) in [4.78, 5) is 21.1. The fourth-order valence-electron chi connectivity index (χ4n) is 0.918. The van der Waals surface area contributed by atoms with Crippen LogP contribution in [0.4, 0.5) is 0 Å². The highest BCUT2D eigenvalue weighted by Gasteiger charge is 2.10. The molecule has 1 amide bonds. The number of aromatic carboxylic acids is 1. The summed E-state index contributed by atoms with van der Waals surface area (Å²) < 4.78 is 4.90. The van der Waals surface area contributed by atoms with E-state index in [-0.39, 0.29) is 17.9 Å². The number of carbonyl (C=O) groups is 2. The topological polar surface area (TPSA) is 89.6 Å². The molecule has 1 rings (SSSR count). The first-order chi connectivity index (χ1) is 6.61. The number of hydrogen-bond acceptors (Lipinski definition) is 3. The molecule has 74 valence electrons. The van der Waals surface area contributed by atoms with Crippen LogP contribution in [-0.4, -0.2) is 23.6 Å². The Kier molecular flexibility index (Phi) is 3.06. The third-order valence-corrected chi connectivity index (χ3v) is 1.49. The first-order valence-corrected chi connectivity index (χ1v) is 3.84. The van der Waals surface area contributed by atoms with Crippen molar-refractivity contribution < 1.29 is 19.4 Å². The Bertz CT molecular complexity index is 362. The number of benzene rings is 1. The highest BCUT2D eigenvalue weighted by Crippen LogP contribution is 2.17. The van der Waals surface area contributed by atoms with Gasteiger partial charge in [-0.3, -0.25) is 4.79 Å². The van der Waals surface area contributed by atoms with E-state index in [9.17, 15) is 9.59 Å². The normalized spacial score (nSPS) is 9.43. The maximum absolute atomic E-state index is 10.7. The average Bonchev–Trinajstić information content (AvgIpc) is 2.15. The minimum atomic E-state index is -1.11. The minimum absolute atomic E-state index is 0.00810. The third kappa shape index (κ3) is 2.48. The summed E-state index contributed by atoms with van der Waals surface area (Å²) in [7, 11) is 0. The molecule has 0 bridgehead atoms. The molecule has 0 saturated carbocycles. The van der Waals surface area contributed by atoms with Crippen molar-refractivity contribution in [2.45, 2.75) is 0 Å². The zero-order valence-electron chi connectivity index (χ0n) is 7.27. The van der Waals surface area contributed by atoms with Crippen molar-refractivity contribution in [3.8, 4) is 5.75 Å². The van der Waals surface area contributed by atoms with E-state index in [0.717, 1.165) is 0 Å². The Morgan fingerprint density at radius 2 is 2.00 bits per heavy atom. The molecule has 14 heavy (non-hydrogen) atoms. The quantitative estimate of drug-likeness (QED) is 0.720. The highest BCUT2D eigenvalue weighted by molar-refractivity contribution is 5.91. The lowest BCUT2D eigenvalue weighted by Gasteiger charge is -2.06. The van der Waals surface area contributed by atoms with Crippen LogP contribution in [0.1, 0.15) is 10.4 Å². The fourth-order valence-corrected chi connectivity index (χ4v) is 0.918. The first kappa shape index (κ1) is 10.0. The molecule has 0 aliphatic heterocycles. The maximum atomic E-state index is 10.7. The molecule has 0 heterocycles. The first-order valence-electron chi connectivity index (χ1n) is 3.84. The summed E-state index contributed by atoms with van der Waals surface area (Å²) >= 11 is 0. The number of ether oxygens (including phenoxy) is 1. The van der Waals surface area contributed by atoms with E-state index in [1.807, 2.05) is 0 Å². The van der Waals surface area contributed by atoms with Gasteiger partial charge >= 0.3 is 5.97 Å². The Hall–Kier alpha value is -2.04. The number of primary amides is 1. The van der Waals surface area contributed by atoms with E-state index >= 15 is 0 Å². The van der Waals surface area contributed by atoms with E-state index in [1.54, 1.807) is 12.1 Å². The molecule has 0 saturated heterocycles. The van der Waals surface area contributed by atoms with Gasteiger partial charge in [0.25, 0.3) is 5.91 Å². The lowest BCUT2D eigenvalue weighted by molar-refractivity contribution is -0.119. The van der Waals surface area contributed by atoms with Crippen LogP contribution in [-0.2, 0) is 4.79 Å². The van der Waals surface area contributed by atoms with Crippen LogP contribution in [0.25, 0.3) is 0 Å². The second kappa shape index (κ2) is 4.27. The number of carbonyl (C=O) groups excluding carboxylic acids is 1. The van der Waals surface area contributed by atoms with Gasteiger partial charge in [-0.2, -0.15) is 0 Å². The third-order valence-electron chi connectivity index (χ3n) is 1.49. The molecule has 0 aromatic heterocycles. The second-order valence-electron chi connectivity index (χ2n) is 2.56. The number of para-hydroxylation sites is 1. The van der Waals surface area contributed by atoms with Crippen molar-refractivity contribution in [2.75, 3.05) is 6.61 Å². The molecule has 0 radical (unpaired) electrons. The molecular weight excluding hydrogens is 186 g/mol. The molecule has 0 aliphatic carbocycles. The van der Waals surface area contributed by atoms with Gasteiger partial charge in [-0.15, -0.1) is 0 Å². The SMILES string of the molecule is NC(=O)COc1ccccc1C(=O)O. The number of nitrogens with two attached hydrogens (primary N) is 1. The largest absolute Gasteiger partial charge is 0.483 e. The summed E-state index contributed by atoms with van der Waals surface area (Å²) in [6.45, 7) is -0.329. The van der Waals surface area contributed by atoms with Crippen LogP contribution in [0, 0.1) is 0 Å². The molecule has 1 aromatic rings. The van der Waals surface area contributed by atoms with Gasteiger partial charge in [0.1, 0.15) is 11.3 Å². The van der Waals surface area contributed by atoms with Crippen molar-refractivity contribution in [1.82, 2.24) is 0 Å². The van der Waals surface area contributed by atoms with Crippen molar-refractivity contribution in [2.24, 2.45) is 5.73 Å². The number of hydrogen-bond donors (Lipinski definition) is 2. The summed E-state index contributed by atoms with van der Waals surface area (Å²) in [5.74, 6) is -1.62. The van der Waals surface area contributed by atoms with Gasteiger partial charge in [0.15, 0.2) is 6.61 Å². The number of rotatable bonds is 4. The van der Waals surface area contributed by atoms with Crippen LogP contribution >= 0.6 is 0 Å². The smallest absolute Gasteiger partial charge is 0.339 e. The Morgan fingerprint density at radius 1 is 1.36 bits per heavy atom. The van der Waals surface area contributed by atoms with Crippen LogP contribution < -0.4 is 10.5 Å². The number of carboxylic acid groups (broad SMARTS) is 1. The molecule has 0 unspecified atom stereocenters. The van der Waals surface area contributed by atoms with Gasteiger partial charge in [0.05, 0.1) is 0 Å². The van der Waals surface area contributed by atoms with Gasteiger partial charge in [-0.1, -0.05) is 12.1 Å². The predicted octanol–water partition coefficient (Wildman–Crippen LogP) is 0.249. The van der Waals surface area contributed by atoms with E-state index < -0.39 is 11.9 Å². The average molecular weight is 195 g/mol. The van der Waals surface area contributed by atoms with Crippen molar-refractivity contribution in [3.05, 3.63) is 29.8 Å². The van der Waals surface area contributed by atoms with E-state index in [4.69, 9.17) is 15.6 Å². The highest BCUT2D eigenvalue weighted by atomic mass is 16.5. The van der Waals surface area contributed by atoms with Gasteiger partial charge in [0.2, 0.25) is 0 Å². The summed E-state index contributed by atoms with van der Waals surface area (Å²) in [6, 6.07) is 6.04. The monoisotopic (exact) mass is 195 g/mol. The van der Waals surface area contributed by atoms with Crippen molar-refractivity contribution in [1.29, 1.82) is 0 Å². The van der Waals surface area contributed by atoms with Crippen LogP contribution in [0.3, 0.4) is 0 Å². The minimum Gasteiger partial charge on any atom is -0.483 e. The van der Waals surface area contributed by atoms with Crippen molar-refractivity contribution in [3.63, 3.8) is 0 Å². The fraction of sp³-hybridized carbons (Fsp3) is 0.111. The standard InChI is InChI=1S/C9H9NO4/c10-8(11)5-14-7-4-2-1-3-6(7)9(12)13/h1-4H,5H2,(H2,10,11)(H,12,13). The Balaban J connectivity index is 2.84. The maximum Gasteiger partial charge on any atom is 0.339 e. The van der Waals surface area contributed by atoms with Gasteiger partial charge in [-0.25, -0.2) is 4.79 Å². The van der Waals surface area contributed by atoms with E-state index in [2.05, 4.69) is 0 Å². The lowest BCUT2D eigenvalue weighted by Crippen LogP contribution is -2.20. The number of carboxylic acids is 1. The summed E-state index contributed by atoms with van der Waals surface area (Å²) in [5, 5.41) is 8.73. The Labute approximate surface area is 80.1 Å². The van der Waals surface area contributed by atoms with Crippen molar-refractivity contribution >= 4 is 11.9 Å². The molecule has 0 spiro atoms. The zero-order chi connectivity index (χ0) is 10.6. The van der Waals surface area contributed by atoms with Gasteiger partial charge < -0.3 is 15.6 Å². The molecule has 0 atom stereocenters. The van der Waals surface area contributed by atoms with Gasteiger partial charge in [0, 0.05) is 0 Å². The molecule has 5 heteroatoms. The molecule has 0 fully saturated rings. The van der Waals surface area contributed by atoms with Crippen LogP contribution in [0.5, 0.6) is 5.75 Å². The summed E-state index contributed by atoms with van der Waals surface area (Å²) in [6.07, 6.45) is 0.